The quantitative estimate of drug-likeness (QED) is 0.546. The fraction of sp³-hybridized carbons (Fsp3) is 0.545. The van der Waals surface area contributed by atoms with Crippen molar-refractivity contribution < 1.29 is 0 Å². The van der Waals surface area contributed by atoms with Gasteiger partial charge >= 0.3 is 0 Å². The molecule has 2 fully saturated rings. The Morgan fingerprint density at radius 3 is 2.75 bits per heavy atom. The number of guanidine groups is 1. The molecule has 28 heavy (non-hydrogen) atoms. The van der Waals surface area contributed by atoms with Crippen LogP contribution in [-0.4, -0.2) is 59.4 Å². The van der Waals surface area contributed by atoms with Gasteiger partial charge in [0.15, 0.2) is 5.96 Å². The van der Waals surface area contributed by atoms with Crippen LogP contribution in [0.1, 0.15) is 31.7 Å². The second-order valence-electron chi connectivity index (χ2n) is 7.89. The highest BCUT2D eigenvalue weighted by molar-refractivity contribution is 5.79. The summed E-state index contributed by atoms with van der Waals surface area (Å²) in [5.41, 5.74) is 2.41. The number of nitrogens with zero attached hydrogens (tertiary/aromatic N) is 4. The molecule has 2 N–H and O–H groups in total. The van der Waals surface area contributed by atoms with E-state index in [4.69, 9.17) is 4.99 Å². The molecule has 0 amide bonds. The number of rotatable bonds is 8. The van der Waals surface area contributed by atoms with Crippen LogP contribution in [0.25, 0.3) is 5.69 Å². The molecule has 2 aliphatic rings. The second kappa shape index (κ2) is 9.24. The van der Waals surface area contributed by atoms with Crippen molar-refractivity contribution in [1.82, 2.24) is 25.3 Å². The van der Waals surface area contributed by atoms with Gasteiger partial charge in [0.1, 0.15) is 0 Å². The highest BCUT2D eigenvalue weighted by Crippen LogP contribution is 2.31. The molecule has 6 heteroatoms. The van der Waals surface area contributed by atoms with Crippen LogP contribution in [0.5, 0.6) is 0 Å². The maximum Gasteiger partial charge on any atom is 0.191 e. The third-order valence-corrected chi connectivity index (χ3v) is 5.64. The van der Waals surface area contributed by atoms with Gasteiger partial charge in [-0.1, -0.05) is 12.1 Å². The molecule has 0 spiro atoms. The molecule has 1 atom stereocenters. The smallest absolute Gasteiger partial charge is 0.191 e. The average molecular weight is 381 g/mol. The summed E-state index contributed by atoms with van der Waals surface area (Å²) in [4.78, 5) is 7.51. The summed E-state index contributed by atoms with van der Waals surface area (Å²) in [5, 5.41) is 11.1. The minimum Gasteiger partial charge on any atom is -0.357 e. The summed E-state index contributed by atoms with van der Waals surface area (Å²) >= 11 is 0. The minimum atomic E-state index is 0.714. The van der Waals surface area contributed by atoms with Crippen LogP contribution in [0.3, 0.4) is 0 Å². The van der Waals surface area contributed by atoms with Gasteiger partial charge in [-0.2, -0.15) is 5.10 Å². The third-order valence-electron chi connectivity index (χ3n) is 5.64. The van der Waals surface area contributed by atoms with E-state index in [1.807, 2.05) is 16.9 Å². The Hall–Kier alpha value is -2.34. The largest absolute Gasteiger partial charge is 0.357 e. The van der Waals surface area contributed by atoms with Crippen molar-refractivity contribution in [2.45, 2.75) is 38.6 Å². The van der Waals surface area contributed by atoms with Gasteiger partial charge in [0.2, 0.25) is 0 Å². The lowest BCUT2D eigenvalue weighted by Crippen LogP contribution is -2.38. The van der Waals surface area contributed by atoms with Crippen molar-refractivity contribution in [2.75, 3.05) is 32.7 Å². The second-order valence-corrected chi connectivity index (χ2v) is 7.89. The minimum absolute atomic E-state index is 0.714. The van der Waals surface area contributed by atoms with Gasteiger partial charge in [0, 0.05) is 44.6 Å². The van der Waals surface area contributed by atoms with E-state index in [0.29, 0.717) is 5.92 Å². The Kier molecular flexibility index (Phi) is 6.27. The van der Waals surface area contributed by atoms with Crippen LogP contribution in [0, 0.1) is 5.92 Å². The Morgan fingerprint density at radius 2 is 2.04 bits per heavy atom. The number of aliphatic imine (C=N–C) groups is 1. The van der Waals surface area contributed by atoms with Crippen molar-refractivity contribution >= 4 is 5.96 Å². The Morgan fingerprint density at radius 1 is 1.18 bits per heavy atom. The van der Waals surface area contributed by atoms with Gasteiger partial charge < -0.3 is 15.5 Å². The monoisotopic (exact) mass is 380 g/mol. The van der Waals surface area contributed by atoms with Crippen molar-refractivity contribution in [2.24, 2.45) is 10.9 Å². The lowest BCUT2D eigenvalue weighted by Gasteiger charge is -2.15. The van der Waals surface area contributed by atoms with Gasteiger partial charge in [-0.25, -0.2) is 4.68 Å². The highest BCUT2D eigenvalue weighted by Gasteiger charge is 2.34. The number of benzene rings is 1. The fourth-order valence-electron chi connectivity index (χ4n) is 3.91. The van der Waals surface area contributed by atoms with Crippen LogP contribution < -0.4 is 10.6 Å². The molecule has 1 aliphatic heterocycles. The predicted molar refractivity (Wildman–Crippen MR) is 114 cm³/mol. The summed E-state index contributed by atoms with van der Waals surface area (Å²) in [7, 11) is 0. The van der Waals surface area contributed by atoms with E-state index < -0.39 is 0 Å². The van der Waals surface area contributed by atoms with Gasteiger partial charge in [-0.15, -0.1) is 0 Å². The fourth-order valence-corrected chi connectivity index (χ4v) is 3.91. The lowest BCUT2D eigenvalue weighted by atomic mass is 10.1. The lowest BCUT2D eigenvalue weighted by molar-refractivity contribution is 0.315. The Labute approximate surface area is 168 Å². The molecule has 1 aliphatic carbocycles. The molecule has 1 aromatic carbocycles. The van der Waals surface area contributed by atoms with Crippen LogP contribution in [0.15, 0.2) is 47.7 Å². The first-order chi connectivity index (χ1) is 13.8. The van der Waals surface area contributed by atoms with E-state index >= 15 is 0 Å². The first kappa shape index (κ1) is 19.0. The standard InChI is InChI=1S/C22H32N6/c1-2-23-22(25-16-19-11-15-27(17-19)20-8-9-20)24-13-10-18-4-6-21(7-5-18)28-14-3-12-26-28/h3-7,12,14,19-20H,2,8-11,13,15-17H2,1H3,(H2,23,24,25). The Balaban J connectivity index is 1.23. The zero-order chi connectivity index (χ0) is 19.2. The summed E-state index contributed by atoms with van der Waals surface area (Å²) in [5.74, 6) is 1.66. The molecule has 1 saturated heterocycles. The summed E-state index contributed by atoms with van der Waals surface area (Å²) in [6.07, 6.45) is 8.84. The maximum absolute atomic E-state index is 4.84. The zero-order valence-electron chi connectivity index (χ0n) is 16.8. The van der Waals surface area contributed by atoms with Gasteiger partial charge in [-0.05, 0) is 68.8 Å². The molecule has 6 nitrogen and oxygen atoms in total. The first-order valence-corrected chi connectivity index (χ1v) is 10.7. The number of likely N-dealkylation sites (tertiary alicyclic amines) is 1. The van der Waals surface area contributed by atoms with Crippen molar-refractivity contribution in [3.05, 3.63) is 48.3 Å². The van der Waals surface area contributed by atoms with Crippen molar-refractivity contribution in [3.63, 3.8) is 0 Å². The van der Waals surface area contributed by atoms with Gasteiger partial charge in [0.05, 0.1) is 5.69 Å². The van der Waals surface area contributed by atoms with Gasteiger partial charge in [-0.3, -0.25) is 4.99 Å². The topological polar surface area (TPSA) is 57.5 Å². The van der Waals surface area contributed by atoms with E-state index in [9.17, 15) is 0 Å². The first-order valence-electron chi connectivity index (χ1n) is 10.7. The number of hydrogen-bond acceptors (Lipinski definition) is 3. The molecule has 1 saturated carbocycles. The van der Waals surface area contributed by atoms with E-state index in [0.717, 1.165) is 43.7 Å². The van der Waals surface area contributed by atoms with Crippen LogP contribution in [-0.2, 0) is 6.42 Å². The maximum atomic E-state index is 4.84. The van der Waals surface area contributed by atoms with E-state index in [1.54, 1.807) is 6.20 Å². The molecule has 4 rings (SSSR count). The zero-order valence-corrected chi connectivity index (χ0v) is 16.8. The molecule has 1 aromatic heterocycles. The molecule has 2 heterocycles. The van der Waals surface area contributed by atoms with Crippen LogP contribution >= 0.6 is 0 Å². The SMILES string of the molecule is CCNC(=NCC1CCN(C2CC2)C1)NCCc1ccc(-n2cccn2)cc1. The van der Waals surface area contributed by atoms with E-state index in [1.165, 1.54) is 37.9 Å². The molecule has 2 aromatic rings. The van der Waals surface area contributed by atoms with Crippen LogP contribution in [0.2, 0.25) is 0 Å². The third kappa shape index (κ3) is 5.13. The molecular weight excluding hydrogens is 348 g/mol. The number of aromatic nitrogens is 2. The number of hydrogen-bond donors (Lipinski definition) is 2. The molecule has 0 bridgehead atoms. The number of nitrogens with one attached hydrogen (secondary N) is 2. The molecule has 1 unspecified atom stereocenters. The summed E-state index contributed by atoms with van der Waals surface area (Å²) < 4.78 is 1.88. The Bertz CT molecular complexity index is 748. The van der Waals surface area contributed by atoms with Crippen molar-refractivity contribution in [3.8, 4) is 5.69 Å². The summed E-state index contributed by atoms with van der Waals surface area (Å²) in [6.45, 7) is 7.32. The molecule has 150 valence electrons. The van der Waals surface area contributed by atoms with Gasteiger partial charge in [0.25, 0.3) is 0 Å². The van der Waals surface area contributed by atoms with Crippen molar-refractivity contribution in [1.29, 1.82) is 0 Å². The van der Waals surface area contributed by atoms with Crippen LogP contribution in [0.4, 0.5) is 0 Å². The summed E-state index contributed by atoms with van der Waals surface area (Å²) in [6, 6.07) is 11.4. The normalized spacial score (nSPS) is 20.5. The molecular formula is C22H32N6. The highest BCUT2D eigenvalue weighted by atomic mass is 15.3. The predicted octanol–water partition coefficient (Wildman–Crippen LogP) is 2.45. The van der Waals surface area contributed by atoms with E-state index in [-0.39, 0.29) is 0 Å². The van der Waals surface area contributed by atoms with E-state index in [2.05, 4.69) is 51.8 Å². The average Bonchev–Trinajstić information content (AvgIpc) is 3.22. The molecule has 0 radical (unpaired) electrons.